The number of hydrogen-bond acceptors (Lipinski definition) is 4. The van der Waals surface area contributed by atoms with Gasteiger partial charge in [0.1, 0.15) is 10.8 Å². The Kier molecular flexibility index (Phi) is 4.33. The van der Waals surface area contributed by atoms with Gasteiger partial charge in [0.25, 0.3) is 0 Å². The van der Waals surface area contributed by atoms with Gasteiger partial charge in [-0.2, -0.15) is 0 Å². The van der Waals surface area contributed by atoms with E-state index in [1.54, 1.807) is 18.4 Å². The molecule has 0 aliphatic rings. The highest BCUT2D eigenvalue weighted by Gasteiger charge is 2.10. The molecular formula is C14H18N2OS. The molecule has 0 aliphatic heterocycles. The minimum atomic E-state index is 0.297. The normalized spacial score (nSPS) is 12.4. The van der Waals surface area contributed by atoms with Gasteiger partial charge < -0.3 is 10.1 Å². The molecule has 0 saturated heterocycles. The zero-order valence-corrected chi connectivity index (χ0v) is 11.8. The lowest BCUT2D eigenvalue weighted by molar-refractivity contribution is 0.415. The van der Waals surface area contributed by atoms with Gasteiger partial charge in [-0.1, -0.05) is 19.1 Å². The SMILES string of the molecule is CCNC(C)c1csc(-c2cccc(OC)c2)n1. The summed E-state index contributed by atoms with van der Waals surface area (Å²) in [5, 5.41) is 6.52. The molecule has 1 heterocycles. The van der Waals surface area contributed by atoms with Crippen molar-refractivity contribution >= 4 is 11.3 Å². The first-order valence-corrected chi connectivity index (χ1v) is 6.95. The number of benzene rings is 1. The molecule has 18 heavy (non-hydrogen) atoms. The van der Waals surface area contributed by atoms with E-state index in [-0.39, 0.29) is 0 Å². The average Bonchev–Trinajstić information content (AvgIpc) is 2.89. The largest absolute Gasteiger partial charge is 0.497 e. The lowest BCUT2D eigenvalue weighted by atomic mass is 10.2. The van der Waals surface area contributed by atoms with Crippen LogP contribution in [0.1, 0.15) is 25.6 Å². The number of nitrogens with zero attached hydrogens (tertiary/aromatic N) is 1. The van der Waals surface area contributed by atoms with Crippen LogP contribution in [0.3, 0.4) is 0 Å². The van der Waals surface area contributed by atoms with E-state index >= 15 is 0 Å². The number of rotatable bonds is 5. The lowest BCUT2D eigenvalue weighted by Crippen LogP contribution is -2.17. The first-order valence-electron chi connectivity index (χ1n) is 6.07. The predicted octanol–water partition coefficient (Wildman–Crippen LogP) is 3.49. The van der Waals surface area contributed by atoms with Gasteiger partial charge in [-0.3, -0.25) is 0 Å². The molecule has 3 nitrogen and oxygen atoms in total. The molecule has 0 radical (unpaired) electrons. The highest BCUT2D eigenvalue weighted by Crippen LogP contribution is 2.28. The van der Waals surface area contributed by atoms with Crippen molar-refractivity contribution < 1.29 is 4.74 Å². The van der Waals surface area contributed by atoms with Crippen molar-refractivity contribution in [1.29, 1.82) is 0 Å². The van der Waals surface area contributed by atoms with Gasteiger partial charge in [0.05, 0.1) is 12.8 Å². The van der Waals surface area contributed by atoms with E-state index in [1.165, 1.54) is 0 Å². The van der Waals surface area contributed by atoms with Crippen molar-refractivity contribution in [2.45, 2.75) is 19.9 Å². The molecule has 4 heteroatoms. The van der Waals surface area contributed by atoms with Crippen LogP contribution in [-0.4, -0.2) is 18.6 Å². The van der Waals surface area contributed by atoms with Crippen molar-refractivity contribution in [2.24, 2.45) is 0 Å². The summed E-state index contributed by atoms with van der Waals surface area (Å²) in [6.45, 7) is 5.19. The van der Waals surface area contributed by atoms with Crippen LogP contribution in [0, 0.1) is 0 Å². The summed E-state index contributed by atoms with van der Waals surface area (Å²) in [7, 11) is 1.68. The summed E-state index contributed by atoms with van der Waals surface area (Å²) in [4.78, 5) is 4.67. The molecule has 0 amide bonds. The fourth-order valence-electron chi connectivity index (χ4n) is 1.78. The number of nitrogens with one attached hydrogen (secondary N) is 1. The maximum atomic E-state index is 5.23. The van der Waals surface area contributed by atoms with Crippen LogP contribution in [0.15, 0.2) is 29.6 Å². The molecule has 0 bridgehead atoms. The Balaban J connectivity index is 2.23. The lowest BCUT2D eigenvalue weighted by Gasteiger charge is -2.08. The fourth-order valence-corrected chi connectivity index (χ4v) is 2.69. The van der Waals surface area contributed by atoms with E-state index in [2.05, 4.69) is 35.6 Å². The van der Waals surface area contributed by atoms with Gasteiger partial charge >= 0.3 is 0 Å². The van der Waals surface area contributed by atoms with Crippen molar-refractivity contribution in [3.8, 4) is 16.3 Å². The molecule has 1 aromatic carbocycles. The van der Waals surface area contributed by atoms with Crippen molar-refractivity contribution in [2.75, 3.05) is 13.7 Å². The van der Waals surface area contributed by atoms with Crippen molar-refractivity contribution in [3.63, 3.8) is 0 Å². The highest BCUT2D eigenvalue weighted by atomic mass is 32.1. The van der Waals surface area contributed by atoms with Crippen LogP contribution in [0.5, 0.6) is 5.75 Å². The summed E-state index contributed by atoms with van der Waals surface area (Å²) in [5.74, 6) is 0.865. The zero-order chi connectivity index (χ0) is 13.0. The van der Waals surface area contributed by atoms with E-state index in [4.69, 9.17) is 4.74 Å². The van der Waals surface area contributed by atoms with E-state index in [9.17, 15) is 0 Å². The molecule has 1 unspecified atom stereocenters. The average molecular weight is 262 g/mol. The monoisotopic (exact) mass is 262 g/mol. The van der Waals surface area contributed by atoms with Crippen molar-refractivity contribution in [1.82, 2.24) is 10.3 Å². The smallest absolute Gasteiger partial charge is 0.123 e. The maximum Gasteiger partial charge on any atom is 0.123 e. The summed E-state index contributed by atoms with van der Waals surface area (Å²) in [5.41, 5.74) is 2.20. The third-order valence-electron chi connectivity index (χ3n) is 2.79. The van der Waals surface area contributed by atoms with Gasteiger partial charge in [0, 0.05) is 17.0 Å². The van der Waals surface area contributed by atoms with Gasteiger partial charge in [-0.15, -0.1) is 11.3 Å². The Morgan fingerprint density at radius 1 is 1.44 bits per heavy atom. The summed E-state index contributed by atoms with van der Waals surface area (Å²) in [6, 6.07) is 8.30. The van der Waals surface area contributed by atoms with Gasteiger partial charge in [-0.05, 0) is 25.6 Å². The standard InChI is InChI=1S/C14H18N2OS/c1-4-15-10(2)13-9-18-14(16-13)11-6-5-7-12(8-11)17-3/h5-10,15H,4H2,1-3H3. The van der Waals surface area contributed by atoms with Crippen LogP contribution in [-0.2, 0) is 0 Å². The minimum absolute atomic E-state index is 0.297. The van der Waals surface area contributed by atoms with Gasteiger partial charge in [0.15, 0.2) is 0 Å². The number of methoxy groups -OCH3 is 1. The highest BCUT2D eigenvalue weighted by molar-refractivity contribution is 7.13. The third-order valence-corrected chi connectivity index (χ3v) is 3.70. The molecule has 1 atom stereocenters. The third kappa shape index (κ3) is 2.89. The first-order chi connectivity index (χ1) is 8.74. The Morgan fingerprint density at radius 2 is 2.28 bits per heavy atom. The van der Waals surface area contributed by atoms with Crippen LogP contribution in [0.2, 0.25) is 0 Å². The topological polar surface area (TPSA) is 34.1 Å². The quantitative estimate of drug-likeness (QED) is 0.895. The second kappa shape index (κ2) is 5.98. The van der Waals surface area contributed by atoms with Crippen LogP contribution >= 0.6 is 11.3 Å². The Bertz CT molecular complexity index is 510. The second-order valence-corrected chi connectivity index (χ2v) is 4.95. The number of ether oxygens (including phenoxy) is 1. The van der Waals surface area contributed by atoms with Gasteiger partial charge in [-0.25, -0.2) is 4.98 Å². The number of hydrogen-bond donors (Lipinski definition) is 1. The molecule has 0 aliphatic carbocycles. The second-order valence-electron chi connectivity index (χ2n) is 4.09. The Labute approximate surface area is 112 Å². The zero-order valence-electron chi connectivity index (χ0n) is 10.9. The minimum Gasteiger partial charge on any atom is -0.497 e. The molecule has 0 saturated carbocycles. The number of thiazole rings is 1. The van der Waals surface area contributed by atoms with E-state index in [0.29, 0.717) is 6.04 Å². The summed E-state index contributed by atoms with van der Waals surface area (Å²) >= 11 is 1.67. The molecule has 2 rings (SSSR count). The van der Waals surface area contributed by atoms with E-state index in [0.717, 1.165) is 28.6 Å². The summed E-state index contributed by atoms with van der Waals surface area (Å²) < 4.78 is 5.23. The maximum absolute atomic E-state index is 5.23. The summed E-state index contributed by atoms with van der Waals surface area (Å²) in [6.07, 6.45) is 0. The van der Waals surface area contributed by atoms with E-state index < -0.39 is 0 Å². The Morgan fingerprint density at radius 3 is 3.00 bits per heavy atom. The molecule has 96 valence electrons. The molecule has 2 aromatic rings. The fraction of sp³-hybridized carbons (Fsp3) is 0.357. The molecule has 1 aromatic heterocycles. The molecule has 0 fully saturated rings. The van der Waals surface area contributed by atoms with Gasteiger partial charge in [0.2, 0.25) is 0 Å². The molecule has 0 spiro atoms. The van der Waals surface area contributed by atoms with Crippen LogP contribution < -0.4 is 10.1 Å². The number of aromatic nitrogens is 1. The molecule has 1 N–H and O–H groups in total. The Hall–Kier alpha value is -1.39. The van der Waals surface area contributed by atoms with Crippen molar-refractivity contribution in [3.05, 3.63) is 35.3 Å². The van der Waals surface area contributed by atoms with Crippen LogP contribution in [0.4, 0.5) is 0 Å². The molecular weight excluding hydrogens is 244 g/mol. The van der Waals surface area contributed by atoms with Crippen LogP contribution in [0.25, 0.3) is 10.6 Å². The first kappa shape index (κ1) is 13.1. The van der Waals surface area contributed by atoms with E-state index in [1.807, 2.05) is 18.2 Å². The predicted molar refractivity (Wildman–Crippen MR) is 76.2 cm³/mol.